The second kappa shape index (κ2) is 7.08. The molecule has 0 aliphatic heterocycles. The number of Topliss-reactive ketones (excluding diaryl/α,β-unsaturated/α-hetero) is 1. The van der Waals surface area contributed by atoms with E-state index in [4.69, 9.17) is 16.3 Å². The Kier molecular flexibility index (Phi) is 4.91. The van der Waals surface area contributed by atoms with Crippen LogP contribution in [-0.2, 0) is 9.53 Å². The van der Waals surface area contributed by atoms with Crippen LogP contribution in [0.2, 0.25) is 5.02 Å². The van der Waals surface area contributed by atoms with Crippen molar-refractivity contribution in [3.63, 3.8) is 0 Å². The number of carbonyl (C=O) groups excluding carboxylic acids is 2. The monoisotopic (exact) mass is 362 g/mol. The summed E-state index contributed by atoms with van der Waals surface area (Å²) in [6.45, 7) is -0.260. The summed E-state index contributed by atoms with van der Waals surface area (Å²) in [4.78, 5) is 24.8. The van der Waals surface area contributed by atoms with Gasteiger partial charge in [0.2, 0.25) is 5.78 Å². The first kappa shape index (κ1) is 15.9. The number of hydrogen-bond acceptors (Lipinski definition) is 5. The Morgan fingerprint density at radius 1 is 1.17 bits per heavy atom. The molecule has 0 fully saturated rings. The third-order valence-corrected chi connectivity index (χ3v) is 5.64. The Hall–Kier alpha value is -1.95. The lowest BCUT2D eigenvalue weighted by Gasteiger charge is -1.99. The molecule has 0 aliphatic rings. The highest BCUT2D eigenvalue weighted by atomic mass is 35.5. The largest absolute Gasteiger partial charge is 0.454 e. The summed E-state index contributed by atoms with van der Waals surface area (Å²) in [6, 6.07) is 11.2. The fraction of sp³-hybridized carbons (Fsp3) is 0.0588. The highest BCUT2D eigenvalue weighted by Gasteiger charge is 2.10. The Morgan fingerprint density at radius 2 is 2.00 bits per heavy atom. The standard InChI is InChI=1S/C17H11ClO3S2/c18-17-11-4-1-2-5-13(11)23-15(17)7-8-16(20)21-10-12(19)14-6-3-9-22-14/h1-9H,10H2/b8-7+. The average molecular weight is 363 g/mol. The molecule has 0 saturated heterocycles. The molecule has 0 aliphatic carbocycles. The number of hydrogen-bond donors (Lipinski definition) is 0. The molecule has 3 aromatic rings. The molecule has 3 nitrogen and oxygen atoms in total. The van der Waals surface area contributed by atoms with Gasteiger partial charge in [-0.05, 0) is 23.6 Å². The quantitative estimate of drug-likeness (QED) is 0.362. The van der Waals surface area contributed by atoms with Gasteiger partial charge in [-0.1, -0.05) is 35.9 Å². The van der Waals surface area contributed by atoms with Gasteiger partial charge in [-0.2, -0.15) is 0 Å². The lowest BCUT2D eigenvalue weighted by atomic mass is 10.2. The number of ketones is 1. The minimum atomic E-state index is -0.566. The fourth-order valence-corrected chi connectivity index (χ4v) is 4.03. The van der Waals surface area contributed by atoms with Gasteiger partial charge in [-0.15, -0.1) is 22.7 Å². The SMILES string of the molecule is O=C(/C=C/c1sc2ccccc2c1Cl)OCC(=O)c1cccs1. The van der Waals surface area contributed by atoms with E-state index in [-0.39, 0.29) is 12.4 Å². The molecule has 0 saturated carbocycles. The Morgan fingerprint density at radius 3 is 2.74 bits per heavy atom. The third-order valence-electron chi connectivity index (χ3n) is 3.07. The molecule has 6 heteroatoms. The van der Waals surface area contributed by atoms with E-state index < -0.39 is 5.97 Å². The Bertz CT molecular complexity index is 879. The highest BCUT2D eigenvalue weighted by molar-refractivity contribution is 7.20. The normalized spacial score (nSPS) is 11.2. The van der Waals surface area contributed by atoms with Gasteiger partial charge in [0, 0.05) is 21.0 Å². The van der Waals surface area contributed by atoms with Gasteiger partial charge in [0.1, 0.15) is 0 Å². The van der Waals surface area contributed by atoms with Crippen LogP contribution in [0.1, 0.15) is 14.5 Å². The molecule has 3 rings (SSSR count). The van der Waals surface area contributed by atoms with Crippen LogP contribution in [0.25, 0.3) is 16.2 Å². The predicted octanol–water partition coefficient (Wildman–Crippen LogP) is 5.06. The van der Waals surface area contributed by atoms with Crippen LogP contribution >= 0.6 is 34.3 Å². The number of halogens is 1. The smallest absolute Gasteiger partial charge is 0.331 e. The van der Waals surface area contributed by atoms with E-state index >= 15 is 0 Å². The molecule has 0 atom stereocenters. The van der Waals surface area contributed by atoms with Gasteiger partial charge < -0.3 is 4.74 Å². The van der Waals surface area contributed by atoms with Crippen molar-refractivity contribution >= 4 is 62.2 Å². The molecule has 2 aromatic heterocycles. The zero-order chi connectivity index (χ0) is 16.2. The number of esters is 1. The summed E-state index contributed by atoms with van der Waals surface area (Å²) in [5.74, 6) is -0.773. The van der Waals surface area contributed by atoms with Crippen molar-refractivity contribution in [3.05, 3.63) is 62.6 Å². The maximum absolute atomic E-state index is 11.7. The number of rotatable bonds is 5. The van der Waals surface area contributed by atoms with E-state index in [9.17, 15) is 9.59 Å². The van der Waals surface area contributed by atoms with Gasteiger partial charge in [0.15, 0.2) is 6.61 Å². The van der Waals surface area contributed by atoms with E-state index in [1.165, 1.54) is 28.7 Å². The molecule has 0 radical (unpaired) electrons. The van der Waals surface area contributed by atoms with E-state index in [2.05, 4.69) is 0 Å². The Labute approximate surface area is 145 Å². The van der Waals surface area contributed by atoms with Gasteiger partial charge in [0.25, 0.3) is 0 Å². The number of ether oxygens (including phenoxy) is 1. The minimum Gasteiger partial charge on any atom is -0.454 e. The van der Waals surface area contributed by atoms with Crippen molar-refractivity contribution < 1.29 is 14.3 Å². The first-order chi connectivity index (χ1) is 11.1. The van der Waals surface area contributed by atoms with Crippen molar-refractivity contribution in [1.29, 1.82) is 0 Å². The number of thiophene rings is 2. The first-order valence-corrected chi connectivity index (χ1v) is 8.81. The van der Waals surface area contributed by atoms with Crippen molar-refractivity contribution in [2.45, 2.75) is 0 Å². The van der Waals surface area contributed by atoms with Gasteiger partial charge in [-0.25, -0.2) is 4.79 Å². The van der Waals surface area contributed by atoms with E-state index in [0.29, 0.717) is 9.90 Å². The van der Waals surface area contributed by atoms with E-state index in [1.807, 2.05) is 24.3 Å². The molecular weight excluding hydrogens is 352 g/mol. The molecular formula is C17H11ClO3S2. The highest BCUT2D eigenvalue weighted by Crippen LogP contribution is 2.35. The second-order valence-corrected chi connectivity index (χ2v) is 7.03. The summed E-state index contributed by atoms with van der Waals surface area (Å²) >= 11 is 9.11. The zero-order valence-electron chi connectivity index (χ0n) is 11.8. The number of fused-ring (bicyclic) bond motifs is 1. The lowest BCUT2D eigenvalue weighted by molar-refractivity contribution is -0.136. The van der Waals surface area contributed by atoms with Gasteiger partial charge >= 0.3 is 5.97 Å². The predicted molar refractivity (Wildman–Crippen MR) is 95.5 cm³/mol. The minimum absolute atomic E-state index is 0.207. The molecule has 2 heterocycles. The zero-order valence-corrected chi connectivity index (χ0v) is 14.2. The molecule has 0 amide bonds. The molecule has 116 valence electrons. The molecule has 1 aromatic carbocycles. The molecule has 0 spiro atoms. The van der Waals surface area contributed by atoms with Crippen LogP contribution < -0.4 is 0 Å². The molecule has 0 unspecified atom stereocenters. The summed E-state index contributed by atoms with van der Waals surface area (Å²) < 4.78 is 6.01. The van der Waals surface area contributed by atoms with Crippen LogP contribution in [0.4, 0.5) is 0 Å². The van der Waals surface area contributed by atoms with Crippen LogP contribution in [0.3, 0.4) is 0 Å². The maximum atomic E-state index is 11.7. The second-order valence-electron chi connectivity index (χ2n) is 4.62. The average Bonchev–Trinajstić information content (AvgIpc) is 3.20. The van der Waals surface area contributed by atoms with Crippen molar-refractivity contribution in [3.8, 4) is 0 Å². The Balaban J connectivity index is 1.63. The topological polar surface area (TPSA) is 43.4 Å². The first-order valence-electron chi connectivity index (χ1n) is 6.74. The van der Waals surface area contributed by atoms with Gasteiger partial charge in [-0.3, -0.25) is 4.79 Å². The summed E-state index contributed by atoms with van der Waals surface area (Å²) in [5.41, 5.74) is 0. The summed E-state index contributed by atoms with van der Waals surface area (Å²) in [7, 11) is 0. The summed E-state index contributed by atoms with van der Waals surface area (Å²) in [5, 5.41) is 3.38. The number of carbonyl (C=O) groups is 2. The molecule has 0 bridgehead atoms. The van der Waals surface area contributed by atoms with Crippen molar-refractivity contribution in [2.75, 3.05) is 6.61 Å². The van der Waals surface area contributed by atoms with Crippen LogP contribution in [0, 0.1) is 0 Å². The molecule has 0 N–H and O–H groups in total. The van der Waals surface area contributed by atoms with Crippen LogP contribution in [0.15, 0.2) is 47.9 Å². The maximum Gasteiger partial charge on any atom is 0.331 e. The van der Waals surface area contributed by atoms with Gasteiger partial charge in [0.05, 0.1) is 9.90 Å². The van der Waals surface area contributed by atoms with E-state index in [1.54, 1.807) is 23.6 Å². The van der Waals surface area contributed by atoms with E-state index in [0.717, 1.165) is 15.0 Å². The van der Waals surface area contributed by atoms with Crippen molar-refractivity contribution in [1.82, 2.24) is 0 Å². The lowest BCUT2D eigenvalue weighted by Crippen LogP contribution is -2.11. The van der Waals surface area contributed by atoms with Crippen LogP contribution in [-0.4, -0.2) is 18.4 Å². The fourth-order valence-electron chi connectivity index (χ4n) is 1.98. The summed E-state index contributed by atoms with van der Waals surface area (Å²) in [6.07, 6.45) is 2.91. The molecule has 23 heavy (non-hydrogen) atoms. The number of benzene rings is 1. The van der Waals surface area contributed by atoms with Crippen molar-refractivity contribution in [2.24, 2.45) is 0 Å². The van der Waals surface area contributed by atoms with Crippen LogP contribution in [0.5, 0.6) is 0 Å². The third kappa shape index (κ3) is 3.69.